The van der Waals surface area contributed by atoms with Crippen LogP contribution < -0.4 is 0 Å². The van der Waals surface area contributed by atoms with Crippen molar-refractivity contribution in [2.45, 2.75) is 226 Å². The number of nitrogens with zero attached hydrogens (tertiary/aromatic N) is 2. The molecule has 1 aliphatic heterocycles. The largest absolute Gasteiger partial charge is 0.356 e. The van der Waals surface area contributed by atoms with Crippen LogP contribution in [-0.4, -0.2) is 28.6 Å². The van der Waals surface area contributed by atoms with Crippen LogP contribution in [0.1, 0.15) is 214 Å². The SMILES string of the molecule is CCCCCCCCCCCCCCCCC1N(CCCCCCCCCCCCCCCC)C=CN1C(C)C. The van der Waals surface area contributed by atoms with Crippen LogP contribution >= 0.6 is 0 Å². The molecule has 0 spiro atoms. The lowest BCUT2D eigenvalue weighted by Gasteiger charge is -2.35. The second-order valence-corrected chi connectivity index (χ2v) is 13.5. The van der Waals surface area contributed by atoms with Gasteiger partial charge in [-0.1, -0.05) is 181 Å². The van der Waals surface area contributed by atoms with E-state index in [1.807, 2.05) is 0 Å². The van der Waals surface area contributed by atoms with Gasteiger partial charge in [-0.3, -0.25) is 0 Å². The lowest BCUT2D eigenvalue weighted by molar-refractivity contribution is 0.114. The molecule has 0 fully saturated rings. The van der Waals surface area contributed by atoms with Gasteiger partial charge < -0.3 is 9.80 Å². The summed E-state index contributed by atoms with van der Waals surface area (Å²) in [5.74, 6) is 0. The predicted octanol–water partition coefficient (Wildman–Crippen LogP) is 13.2. The number of rotatable bonds is 31. The molecule has 40 heavy (non-hydrogen) atoms. The fourth-order valence-corrected chi connectivity index (χ4v) is 6.60. The van der Waals surface area contributed by atoms with Crippen LogP contribution in [0, 0.1) is 0 Å². The first-order chi connectivity index (χ1) is 19.7. The van der Waals surface area contributed by atoms with E-state index in [4.69, 9.17) is 0 Å². The Hall–Kier alpha value is -0.660. The average molecular weight is 561 g/mol. The van der Waals surface area contributed by atoms with E-state index in [1.165, 1.54) is 193 Å². The van der Waals surface area contributed by atoms with Crippen LogP contribution in [0.4, 0.5) is 0 Å². The standard InChI is InChI=1S/C38H76N2/c1-5-7-9-11-13-15-17-19-21-23-25-27-29-31-33-38-39(35-36-40(38)37(3)4)34-32-30-28-26-24-22-20-18-16-14-12-10-8-6-2/h35-38H,5-34H2,1-4H3. The highest BCUT2D eigenvalue weighted by Gasteiger charge is 2.26. The molecule has 0 amide bonds. The zero-order chi connectivity index (χ0) is 28.9. The monoisotopic (exact) mass is 561 g/mol. The Labute approximate surface area is 254 Å². The summed E-state index contributed by atoms with van der Waals surface area (Å²) in [6.07, 6.45) is 47.2. The van der Waals surface area contributed by atoms with E-state index < -0.39 is 0 Å². The van der Waals surface area contributed by atoms with Crippen molar-refractivity contribution in [1.82, 2.24) is 9.80 Å². The van der Waals surface area contributed by atoms with E-state index >= 15 is 0 Å². The first-order valence-electron chi connectivity index (χ1n) is 18.9. The average Bonchev–Trinajstić information content (AvgIpc) is 3.36. The Bertz CT molecular complexity index is 528. The number of hydrogen-bond donors (Lipinski definition) is 0. The first-order valence-corrected chi connectivity index (χ1v) is 18.9. The van der Waals surface area contributed by atoms with Gasteiger partial charge in [0.1, 0.15) is 6.17 Å². The molecule has 0 radical (unpaired) electrons. The van der Waals surface area contributed by atoms with Gasteiger partial charge in [0.05, 0.1) is 0 Å². The maximum Gasteiger partial charge on any atom is 0.101 e. The molecule has 0 aromatic heterocycles. The summed E-state index contributed by atoms with van der Waals surface area (Å²) in [7, 11) is 0. The zero-order valence-corrected chi connectivity index (χ0v) is 28.4. The molecule has 0 aliphatic carbocycles. The van der Waals surface area contributed by atoms with E-state index in [1.54, 1.807) is 0 Å². The van der Waals surface area contributed by atoms with Gasteiger partial charge in [-0.15, -0.1) is 0 Å². The molecule has 1 unspecified atom stereocenters. The van der Waals surface area contributed by atoms with Crippen molar-refractivity contribution in [3.8, 4) is 0 Å². The summed E-state index contributed by atoms with van der Waals surface area (Å²) >= 11 is 0. The van der Waals surface area contributed by atoms with Crippen LogP contribution in [0.5, 0.6) is 0 Å². The van der Waals surface area contributed by atoms with Gasteiger partial charge in [0.25, 0.3) is 0 Å². The van der Waals surface area contributed by atoms with Crippen LogP contribution in [0.2, 0.25) is 0 Å². The Balaban J connectivity index is 2.00. The molecular weight excluding hydrogens is 484 g/mol. The molecule has 0 N–H and O–H groups in total. The van der Waals surface area contributed by atoms with Gasteiger partial charge in [0, 0.05) is 25.0 Å². The number of unbranched alkanes of at least 4 members (excludes halogenated alkanes) is 26. The Morgan fingerprint density at radius 3 is 1.10 bits per heavy atom. The van der Waals surface area contributed by atoms with E-state index in [9.17, 15) is 0 Å². The van der Waals surface area contributed by atoms with Crippen molar-refractivity contribution < 1.29 is 0 Å². The smallest absolute Gasteiger partial charge is 0.101 e. The molecule has 0 bridgehead atoms. The van der Waals surface area contributed by atoms with Crippen LogP contribution in [0.15, 0.2) is 12.4 Å². The number of hydrogen-bond acceptors (Lipinski definition) is 2. The fourth-order valence-electron chi connectivity index (χ4n) is 6.60. The highest BCUT2D eigenvalue weighted by atomic mass is 15.4. The minimum atomic E-state index is 0.606. The molecule has 1 atom stereocenters. The van der Waals surface area contributed by atoms with Gasteiger partial charge >= 0.3 is 0 Å². The van der Waals surface area contributed by atoms with Crippen molar-refractivity contribution in [3.63, 3.8) is 0 Å². The van der Waals surface area contributed by atoms with Gasteiger partial charge in [-0.2, -0.15) is 0 Å². The summed E-state index contributed by atoms with van der Waals surface area (Å²) in [6.45, 7) is 10.6. The van der Waals surface area contributed by atoms with Gasteiger partial charge in [0.15, 0.2) is 0 Å². The van der Waals surface area contributed by atoms with E-state index in [0.29, 0.717) is 12.2 Å². The third kappa shape index (κ3) is 21.1. The predicted molar refractivity (Wildman–Crippen MR) is 182 cm³/mol. The summed E-state index contributed by atoms with van der Waals surface area (Å²) in [4.78, 5) is 5.29. The topological polar surface area (TPSA) is 6.48 Å². The molecule has 0 aromatic rings. The van der Waals surface area contributed by atoms with Crippen LogP contribution in [0.25, 0.3) is 0 Å². The zero-order valence-electron chi connectivity index (χ0n) is 28.4. The normalized spacial score (nSPS) is 15.3. The minimum Gasteiger partial charge on any atom is -0.356 e. The van der Waals surface area contributed by atoms with Gasteiger partial charge in [-0.05, 0) is 33.1 Å². The summed E-state index contributed by atoms with van der Waals surface area (Å²) in [5, 5.41) is 0. The second-order valence-electron chi connectivity index (χ2n) is 13.5. The first kappa shape index (κ1) is 37.4. The van der Waals surface area contributed by atoms with Crippen molar-refractivity contribution in [2.75, 3.05) is 6.54 Å². The molecule has 0 aromatic carbocycles. The minimum absolute atomic E-state index is 0.606. The summed E-state index contributed by atoms with van der Waals surface area (Å²) < 4.78 is 0. The van der Waals surface area contributed by atoms with Crippen LogP contribution in [-0.2, 0) is 0 Å². The molecular formula is C38H76N2. The quantitative estimate of drug-likeness (QED) is 0.0778. The van der Waals surface area contributed by atoms with Crippen LogP contribution in [0.3, 0.4) is 0 Å². The van der Waals surface area contributed by atoms with Gasteiger partial charge in [0.2, 0.25) is 0 Å². The van der Waals surface area contributed by atoms with E-state index in [2.05, 4.69) is 49.9 Å². The third-order valence-electron chi connectivity index (χ3n) is 9.34. The van der Waals surface area contributed by atoms with Crippen molar-refractivity contribution in [2.24, 2.45) is 0 Å². The van der Waals surface area contributed by atoms with Crippen molar-refractivity contribution in [1.29, 1.82) is 0 Å². The van der Waals surface area contributed by atoms with Crippen molar-refractivity contribution in [3.05, 3.63) is 12.4 Å². The molecule has 1 rings (SSSR count). The molecule has 2 heteroatoms. The Morgan fingerprint density at radius 1 is 0.425 bits per heavy atom. The summed E-state index contributed by atoms with van der Waals surface area (Å²) in [5.41, 5.74) is 0. The molecule has 2 nitrogen and oxygen atoms in total. The molecule has 1 heterocycles. The maximum atomic E-state index is 2.67. The van der Waals surface area contributed by atoms with E-state index in [-0.39, 0.29) is 0 Å². The Kier molecular flexibility index (Phi) is 26.6. The maximum absolute atomic E-state index is 2.67. The lowest BCUT2D eigenvalue weighted by Crippen LogP contribution is -2.42. The molecule has 1 aliphatic rings. The highest BCUT2D eigenvalue weighted by molar-refractivity contribution is 4.98. The highest BCUT2D eigenvalue weighted by Crippen LogP contribution is 2.25. The molecule has 0 saturated carbocycles. The van der Waals surface area contributed by atoms with E-state index in [0.717, 1.165) is 0 Å². The Morgan fingerprint density at radius 2 is 0.750 bits per heavy atom. The van der Waals surface area contributed by atoms with Gasteiger partial charge in [-0.25, -0.2) is 0 Å². The second kappa shape index (κ2) is 28.5. The molecule has 238 valence electrons. The summed E-state index contributed by atoms with van der Waals surface area (Å²) in [6, 6.07) is 0.606. The van der Waals surface area contributed by atoms with Crippen molar-refractivity contribution >= 4 is 0 Å². The lowest BCUT2D eigenvalue weighted by atomic mass is 10.0. The molecule has 0 saturated heterocycles. The fraction of sp³-hybridized carbons (Fsp3) is 0.947. The third-order valence-corrected chi connectivity index (χ3v) is 9.34.